The Morgan fingerprint density at radius 2 is 2.41 bits per heavy atom. The lowest BCUT2D eigenvalue weighted by atomic mass is 10.3. The minimum absolute atomic E-state index is 0.191. The van der Waals surface area contributed by atoms with Gasteiger partial charge in [0.25, 0.3) is 0 Å². The lowest BCUT2D eigenvalue weighted by Gasteiger charge is -2.22. The average molecular weight is 239 g/mol. The number of aromatic nitrogens is 2. The Balaban J connectivity index is 2.61. The number of hydrogen-bond acceptors (Lipinski definition) is 6. The summed E-state index contributed by atoms with van der Waals surface area (Å²) in [4.78, 5) is 1.97. The van der Waals surface area contributed by atoms with Crippen molar-refractivity contribution < 1.29 is 9.94 Å². The molecule has 94 valence electrons. The molecule has 0 aliphatic rings. The van der Waals surface area contributed by atoms with Gasteiger partial charge in [0.05, 0.1) is 6.61 Å². The van der Waals surface area contributed by atoms with Crippen LogP contribution >= 0.6 is 0 Å². The van der Waals surface area contributed by atoms with Crippen LogP contribution in [0.1, 0.15) is 6.42 Å². The van der Waals surface area contributed by atoms with Crippen molar-refractivity contribution in [1.82, 2.24) is 10.2 Å². The molecule has 1 aromatic heterocycles. The Labute approximate surface area is 99.9 Å². The number of hydrogen-bond donors (Lipinski definition) is 2. The van der Waals surface area contributed by atoms with Crippen LogP contribution in [0, 0.1) is 0 Å². The maximum Gasteiger partial charge on any atom is 0.151 e. The number of nitrogens with zero attached hydrogens (tertiary/aromatic N) is 4. The van der Waals surface area contributed by atoms with E-state index in [0.29, 0.717) is 26.1 Å². The molecule has 0 radical (unpaired) electrons. The quantitative estimate of drug-likeness (QED) is 0.302. The number of amidine groups is 1. The maximum atomic E-state index is 8.49. The van der Waals surface area contributed by atoms with Gasteiger partial charge in [-0.05, 0) is 12.1 Å². The van der Waals surface area contributed by atoms with E-state index in [9.17, 15) is 0 Å². The summed E-state index contributed by atoms with van der Waals surface area (Å²) in [7, 11) is 1.64. The Bertz CT molecular complexity index is 344. The highest BCUT2D eigenvalue weighted by Crippen LogP contribution is 2.08. The number of oxime groups is 1. The van der Waals surface area contributed by atoms with Crippen LogP contribution in [0.2, 0.25) is 0 Å². The van der Waals surface area contributed by atoms with E-state index < -0.39 is 0 Å². The lowest BCUT2D eigenvalue weighted by molar-refractivity contribution is 0.205. The minimum atomic E-state index is 0.191. The Morgan fingerprint density at radius 1 is 1.59 bits per heavy atom. The fourth-order valence-corrected chi connectivity index (χ4v) is 1.30. The summed E-state index contributed by atoms with van der Waals surface area (Å²) in [6, 6.07) is 3.67. The third-order valence-electron chi connectivity index (χ3n) is 2.21. The minimum Gasteiger partial charge on any atom is -0.409 e. The van der Waals surface area contributed by atoms with Crippen molar-refractivity contribution in [3.8, 4) is 0 Å². The molecule has 1 rings (SSSR count). The smallest absolute Gasteiger partial charge is 0.151 e. The monoisotopic (exact) mass is 239 g/mol. The molecule has 0 aliphatic carbocycles. The van der Waals surface area contributed by atoms with Gasteiger partial charge < -0.3 is 20.6 Å². The second kappa shape index (κ2) is 7.39. The summed E-state index contributed by atoms with van der Waals surface area (Å²) in [5, 5.41) is 19.3. The summed E-state index contributed by atoms with van der Waals surface area (Å²) >= 11 is 0. The summed E-state index contributed by atoms with van der Waals surface area (Å²) in [5.41, 5.74) is 5.43. The molecule has 7 nitrogen and oxygen atoms in total. The number of ether oxygens (including phenoxy) is 1. The summed E-state index contributed by atoms with van der Waals surface area (Å²) < 4.78 is 5.03. The van der Waals surface area contributed by atoms with E-state index >= 15 is 0 Å². The topological polar surface area (TPSA) is 96.9 Å². The lowest BCUT2D eigenvalue weighted by Crippen LogP contribution is -2.31. The first-order chi connectivity index (χ1) is 8.27. The zero-order valence-corrected chi connectivity index (χ0v) is 9.78. The molecule has 0 saturated carbocycles. The molecule has 0 aromatic carbocycles. The van der Waals surface area contributed by atoms with E-state index in [1.807, 2.05) is 17.0 Å². The van der Waals surface area contributed by atoms with Crippen LogP contribution in [-0.4, -0.2) is 48.0 Å². The standard InChI is InChI=1S/C10H17N5O2/c1-17-8-7-15(6-4-9(11)14-16)10-3-2-5-12-13-10/h2-3,5,16H,4,6-8H2,1H3,(H2,11,14). The van der Waals surface area contributed by atoms with Crippen molar-refractivity contribution in [2.24, 2.45) is 10.9 Å². The summed E-state index contributed by atoms with van der Waals surface area (Å²) in [5.74, 6) is 0.937. The van der Waals surface area contributed by atoms with E-state index in [1.165, 1.54) is 0 Å². The van der Waals surface area contributed by atoms with Crippen LogP contribution in [0.25, 0.3) is 0 Å². The molecule has 0 unspecified atom stereocenters. The molecule has 0 fully saturated rings. The molecule has 0 saturated heterocycles. The van der Waals surface area contributed by atoms with Crippen LogP contribution in [0.5, 0.6) is 0 Å². The number of anilines is 1. The van der Waals surface area contributed by atoms with Gasteiger partial charge >= 0.3 is 0 Å². The fraction of sp³-hybridized carbons (Fsp3) is 0.500. The molecule has 1 heterocycles. The van der Waals surface area contributed by atoms with Crippen molar-refractivity contribution in [2.75, 3.05) is 31.7 Å². The fourth-order valence-electron chi connectivity index (χ4n) is 1.30. The first-order valence-corrected chi connectivity index (χ1v) is 5.26. The van der Waals surface area contributed by atoms with Crippen molar-refractivity contribution in [3.05, 3.63) is 18.3 Å². The Hall–Kier alpha value is -1.89. The van der Waals surface area contributed by atoms with E-state index in [0.717, 1.165) is 5.82 Å². The Kier molecular flexibility index (Phi) is 5.73. The van der Waals surface area contributed by atoms with Crippen molar-refractivity contribution in [3.63, 3.8) is 0 Å². The van der Waals surface area contributed by atoms with Crippen molar-refractivity contribution in [2.45, 2.75) is 6.42 Å². The van der Waals surface area contributed by atoms with Gasteiger partial charge in [-0.15, -0.1) is 5.10 Å². The van der Waals surface area contributed by atoms with E-state index in [2.05, 4.69) is 15.4 Å². The molecule has 0 atom stereocenters. The molecule has 0 aliphatic heterocycles. The zero-order valence-electron chi connectivity index (χ0n) is 9.78. The van der Waals surface area contributed by atoms with Gasteiger partial charge in [-0.1, -0.05) is 5.16 Å². The van der Waals surface area contributed by atoms with Crippen LogP contribution < -0.4 is 10.6 Å². The zero-order chi connectivity index (χ0) is 12.5. The largest absolute Gasteiger partial charge is 0.409 e. The molecule has 0 bridgehead atoms. The van der Waals surface area contributed by atoms with E-state index in [4.69, 9.17) is 15.7 Å². The highest BCUT2D eigenvalue weighted by atomic mass is 16.5. The van der Waals surface area contributed by atoms with Gasteiger partial charge in [-0.3, -0.25) is 0 Å². The van der Waals surface area contributed by atoms with Crippen molar-refractivity contribution >= 4 is 11.7 Å². The number of rotatable bonds is 7. The van der Waals surface area contributed by atoms with Crippen LogP contribution in [0.3, 0.4) is 0 Å². The summed E-state index contributed by atoms with van der Waals surface area (Å²) in [6.07, 6.45) is 2.07. The normalized spacial score (nSPS) is 11.5. The predicted octanol–water partition coefficient (Wildman–Crippen LogP) is 0.0659. The van der Waals surface area contributed by atoms with Crippen LogP contribution in [-0.2, 0) is 4.74 Å². The third-order valence-corrected chi connectivity index (χ3v) is 2.21. The molecular formula is C10H17N5O2. The average Bonchev–Trinajstić information content (AvgIpc) is 2.39. The number of methoxy groups -OCH3 is 1. The second-order valence-electron chi connectivity index (χ2n) is 3.40. The van der Waals surface area contributed by atoms with Gasteiger partial charge in [-0.2, -0.15) is 5.10 Å². The molecule has 0 amide bonds. The van der Waals surface area contributed by atoms with E-state index in [-0.39, 0.29) is 5.84 Å². The summed E-state index contributed by atoms with van der Waals surface area (Å²) in [6.45, 7) is 1.85. The first kappa shape index (κ1) is 13.2. The van der Waals surface area contributed by atoms with Crippen molar-refractivity contribution in [1.29, 1.82) is 0 Å². The second-order valence-corrected chi connectivity index (χ2v) is 3.40. The van der Waals surface area contributed by atoms with Gasteiger partial charge in [0, 0.05) is 32.8 Å². The number of nitrogens with two attached hydrogens (primary N) is 1. The van der Waals surface area contributed by atoms with Gasteiger partial charge in [0.15, 0.2) is 5.82 Å². The molecule has 7 heteroatoms. The highest BCUT2D eigenvalue weighted by molar-refractivity contribution is 5.80. The molecule has 3 N–H and O–H groups in total. The van der Waals surface area contributed by atoms with Gasteiger partial charge in [0.1, 0.15) is 5.84 Å². The highest BCUT2D eigenvalue weighted by Gasteiger charge is 2.08. The third kappa shape index (κ3) is 4.64. The van der Waals surface area contributed by atoms with Crippen LogP contribution in [0.4, 0.5) is 5.82 Å². The molecule has 17 heavy (non-hydrogen) atoms. The van der Waals surface area contributed by atoms with Gasteiger partial charge in [-0.25, -0.2) is 0 Å². The SMILES string of the molecule is COCCN(CCC(N)=NO)c1cccnn1. The van der Waals surface area contributed by atoms with Crippen LogP contribution in [0.15, 0.2) is 23.5 Å². The molecular weight excluding hydrogens is 222 g/mol. The van der Waals surface area contributed by atoms with E-state index in [1.54, 1.807) is 13.3 Å². The predicted molar refractivity (Wildman–Crippen MR) is 64.1 cm³/mol. The molecule has 0 spiro atoms. The Morgan fingerprint density at radius 3 is 3.00 bits per heavy atom. The van der Waals surface area contributed by atoms with Gasteiger partial charge in [0.2, 0.25) is 0 Å². The first-order valence-electron chi connectivity index (χ1n) is 5.26. The molecule has 1 aromatic rings. The maximum absolute atomic E-state index is 8.49.